The first-order valence-electron chi connectivity index (χ1n) is 8.02. The number of aliphatic imine (C=N–C) groups is 1. The number of benzene rings is 1. The zero-order valence-corrected chi connectivity index (χ0v) is 14.0. The van der Waals surface area contributed by atoms with Crippen molar-refractivity contribution in [2.45, 2.75) is 39.8 Å². The van der Waals surface area contributed by atoms with Gasteiger partial charge in [0.05, 0.1) is 20.3 Å². The minimum Gasteiger partial charge on any atom is -0.493 e. The smallest absolute Gasteiger partial charge is 0.191 e. The number of hydrogen-bond donors (Lipinski definition) is 2. The van der Waals surface area contributed by atoms with Crippen LogP contribution in [0.25, 0.3) is 0 Å². The molecule has 1 aliphatic rings. The van der Waals surface area contributed by atoms with Gasteiger partial charge in [0.1, 0.15) is 0 Å². The molecule has 0 aliphatic heterocycles. The van der Waals surface area contributed by atoms with Gasteiger partial charge in [0.2, 0.25) is 0 Å². The monoisotopic (exact) mass is 305 g/mol. The summed E-state index contributed by atoms with van der Waals surface area (Å²) in [6, 6.07) is 6.51. The zero-order valence-electron chi connectivity index (χ0n) is 14.0. The predicted molar refractivity (Wildman–Crippen MR) is 89.7 cm³/mol. The average molecular weight is 305 g/mol. The lowest BCUT2D eigenvalue weighted by molar-refractivity contribution is 0.310. The molecule has 0 amide bonds. The van der Waals surface area contributed by atoms with Gasteiger partial charge in [-0.1, -0.05) is 13.0 Å². The second-order valence-corrected chi connectivity index (χ2v) is 5.58. The van der Waals surface area contributed by atoms with Gasteiger partial charge in [-0.25, -0.2) is 4.99 Å². The SMILES string of the molecule is CCNC(=NCc1ccc(OC)c(OCC)c1)NC1CC1C. The van der Waals surface area contributed by atoms with Crippen LogP contribution in [0.4, 0.5) is 0 Å². The summed E-state index contributed by atoms with van der Waals surface area (Å²) >= 11 is 0. The number of methoxy groups -OCH3 is 1. The van der Waals surface area contributed by atoms with Crippen molar-refractivity contribution in [2.24, 2.45) is 10.9 Å². The van der Waals surface area contributed by atoms with Crippen molar-refractivity contribution < 1.29 is 9.47 Å². The van der Waals surface area contributed by atoms with Gasteiger partial charge in [0.15, 0.2) is 17.5 Å². The first-order chi connectivity index (χ1) is 10.7. The summed E-state index contributed by atoms with van der Waals surface area (Å²) in [6.07, 6.45) is 1.22. The second kappa shape index (κ2) is 7.92. The lowest BCUT2D eigenvalue weighted by atomic mass is 10.2. The van der Waals surface area contributed by atoms with Gasteiger partial charge in [-0.3, -0.25) is 0 Å². The number of ether oxygens (including phenoxy) is 2. The maximum atomic E-state index is 5.61. The van der Waals surface area contributed by atoms with Gasteiger partial charge < -0.3 is 20.1 Å². The summed E-state index contributed by atoms with van der Waals surface area (Å²) in [5, 5.41) is 6.75. The fourth-order valence-electron chi connectivity index (χ4n) is 2.28. The molecule has 0 bridgehead atoms. The molecule has 122 valence electrons. The number of nitrogens with zero attached hydrogens (tertiary/aromatic N) is 1. The van der Waals surface area contributed by atoms with E-state index in [-0.39, 0.29) is 0 Å². The third-order valence-corrected chi connectivity index (χ3v) is 3.72. The van der Waals surface area contributed by atoms with E-state index in [0.29, 0.717) is 19.2 Å². The highest BCUT2D eigenvalue weighted by molar-refractivity contribution is 5.80. The Hall–Kier alpha value is -1.91. The van der Waals surface area contributed by atoms with Crippen LogP contribution in [-0.4, -0.2) is 32.3 Å². The summed E-state index contributed by atoms with van der Waals surface area (Å²) in [4.78, 5) is 4.65. The molecule has 1 aromatic carbocycles. The molecule has 2 unspecified atom stereocenters. The van der Waals surface area contributed by atoms with Crippen LogP contribution in [0.2, 0.25) is 0 Å². The first kappa shape index (κ1) is 16.5. The highest BCUT2D eigenvalue weighted by Crippen LogP contribution is 2.29. The first-order valence-corrected chi connectivity index (χ1v) is 8.02. The van der Waals surface area contributed by atoms with Gasteiger partial charge in [-0.15, -0.1) is 0 Å². The van der Waals surface area contributed by atoms with Crippen molar-refractivity contribution >= 4 is 5.96 Å². The van der Waals surface area contributed by atoms with E-state index in [1.807, 2.05) is 25.1 Å². The molecule has 1 aromatic rings. The normalized spacial score (nSPS) is 20.5. The molecule has 0 spiro atoms. The molecule has 1 fully saturated rings. The van der Waals surface area contributed by atoms with Gasteiger partial charge in [0.25, 0.3) is 0 Å². The third-order valence-electron chi connectivity index (χ3n) is 3.72. The van der Waals surface area contributed by atoms with Crippen LogP contribution in [0.5, 0.6) is 11.5 Å². The Balaban J connectivity index is 2.03. The van der Waals surface area contributed by atoms with Crippen LogP contribution in [0.3, 0.4) is 0 Å². The fraction of sp³-hybridized carbons (Fsp3) is 0.588. The summed E-state index contributed by atoms with van der Waals surface area (Å²) < 4.78 is 10.9. The third kappa shape index (κ3) is 4.55. The van der Waals surface area contributed by atoms with E-state index in [4.69, 9.17) is 9.47 Å². The highest BCUT2D eigenvalue weighted by atomic mass is 16.5. The Labute approximate surface area is 133 Å². The molecule has 2 rings (SSSR count). The van der Waals surface area contributed by atoms with E-state index in [2.05, 4.69) is 29.5 Å². The quantitative estimate of drug-likeness (QED) is 0.600. The van der Waals surface area contributed by atoms with E-state index in [9.17, 15) is 0 Å². The summed E-state index contributed by atoms with van der Waals surface area (Å²) in [5.74, 6) is 3.15. The Morgan fingerprint density at radius 1 is 1.32 bits per heavy atom. The molecule has 1 saturated carbocycles. The molecule has 0 radical (unpaired) electrons. The molecule has 2 N–H and O–H groups in total. The van der Waals surface area contributed by atoms with E-state index < -0.39 is 0 Å². The second-order valence-electron chi connectivity index (χ2n) is 5.58. The minimum atomic E-state index is 0.563. The van der Waals surface area contributed by atoms with Crippen molar-refractivity contribution in [3.63, 3.8) is 0 Å². The van der Waals surface area contributed by atoms with Crippen LogP contribution < -0.4 is 20.1 Å². The standard InChI is InChI=1S/C17H27N3O2/c1-5-18-17(20-14-9-12(14)3)19-11-13-7-8-15(21-4)16(10-13)22-6-2/h7-8,10,12,14H,5-6,9,11H2,1-4H3,(H2,18,19,20). The maximum absolute atomic E-state index is 5.61. The van der Waals surface area contributed by atoms with Gasteiger partial charge in [-0.05, 0) is 43.9 Å². The molecule has 0 heterocycles. The molecule has 5 nitrogen and oxygen atoms in total. The maximum Gasteiger partial charge on any atom is 0.191 e. The molecule has 1 aliphatic carbocycles. The van der Waals surface area contributed by atoms with Gasteiger partial charge in [-0.2, -0.15) is 0 Å². The lowest BCUT2D eigenvalue weighted by Gasteiger charge is -2.12. The summed E-state index contributed by atoms with van der Waals surface area (Å²) in [7, 11) is 1.65. The Bertz CT molecular complexity index is 517. The van der Waals surface area contributed by atoms with Crippen LogP contribution in [0.15, 0.2) is 23.2 Å². The topological polar surface area (TPSA) is 54.9 Å². The molecular formula is C17H27N3O2. The largest absolute Gasteiger partial charge is 0.493 e. The molecule has 2 atom stereocenters. The average Bonchev–Trinajstić information content (AvgIpc) is 3.21. The highest BCUT2D eigenvalue weighted by Gasteiger charge is 2.33. The predicted octanol–water partition coefficient (Wildman–Crippen LogP) is 2.56. The fourth-order valence-corrected chi connectivity index (χ4v) is 2.28. The van der Waals surface area contributed by atoms with Crippen molar-refractivity contribution in [3.8, 4) is 11.5 Å². The van der Waals surface area contributed by atoms with Crippen molar-refractivity contribution in [2.75, 3.05) is 20.3 Å². The van der Waals surface area contributed by atoms with Crippen LogP contribution in [-0.2, 0) is 6.54 Å². The van der Waals surface area contributed by atoms with Crippen molar-refractivity contribution in [3.05, 3.63) is 23.8 Å². The summed E-state index contributed by atoms with van der Waals surface area (Å²) in [5.41, 5.74) is 1.10. The van der Waals surface area contributed by atoms with E-state index in [0.717, 1.165) is 35.5 Å². The van der Waals surface area contributed by atoms with Crippen LogP contribution in [0, 0.1) is 5.92 Å². The Morgan fingerprint density at radius 2 is 2.09 bits per heavy atom. The van der Waals surface area contributed by atoms with E-state index in [1.165, 1.54) is 6.42 Å². The number of rotatable bonds is 7. The molecule has 22 heavy (non-hydrogen) atoms. The number of hydrogen-bond acceptors (Lipinski definition) is 3. The van der Waals surface area contributed by atoms with E-state index in [1.54, 1.807) is 7.11 Å². The number of guanidine groups is 1. The summed E-state index contributed by atoms with van der Waals surface area (Å²) in [6.45, 7) is 8.38. The molecular weight excluding hydrogens is 278 g/mol. The number of nitrogens with one attached hydrogen (secondary N) is 2. The van der Waals surface area contributed by atoms with Crippen LogP contribution in [0.1, 0.15) is 32.8 Å². The Morgan fingerprint density at radius 3 is 2.68 bits per heavy atom. The zero-order chi connectivity index (χ0) is 15.9. The van der Waals surface area contributed by atoms with E-state index >= 15 is 0 Å². The molecule has 0 aromatic heterocycles. The molecule has 5 heteroatoms. The van der Waals surface area contributed by atoms with Crippen molar-refractivity contribution in [1.29, 1.82) is 0 Å². The lowest BCUT2D eigenvalue weighted by Crippen LogP contribution is -2.39. The van der Waals surface area contributed by atoms with Crippen LogP contribution >= 0.6 is 0 Å². The van der Waals surface area contributed by atoms with Gasteiger partial charge in [0, 0.05) is 12.6 Å². The molecule has 0 saturated heterocycles. The van der Waals surface area contributed by atoms with Gasteiger partial charge >= 0.3 is 0 Å². The minimum absolute atomic E-state index is 0.563. The Kier molecular flexibility index (Phi) is 5.92. The van der Waals surface area contributed by atoms with Crippen molar-refractivity contribution in [1.82, 2.24) is 10.6 Å².